The van der Waals surface area contributed by atoms with Gasteiger partial charge < -0.3 is 19.3 Å². The van der Waals surface area contributed by atoms with Gasteiger partial charge in [0, 0.05) is 17.5 Å². The molecule has 1 aliphatic carbocycles. The number of ether oxygens (including phenoxy) is 3. The van der Waals surface area contributed by atoms with Crippen LogP contribution >= 0.6 is 0 Å². The first-order chi connectivity index (χ1) is 19.0. The highest BCUT2D eigenvalue weighted by Crippen LogP contribution is 2.43. The molecule has 1 unspecified atom stereocenters. The molecule has 0 saturated heterocycles. The van der Waals surface area contributed by atoms with E-state index in [-0.39, 0.29) is 5.92 Å². The second-order valence-corrected chi connectivity index (χ2v) is 10.5. The van der Waals surface area contributed by atoms with Crippen molar-refractivity contribution in [3.63, 3.8) is 0 Å². The van der Waals surface area contributed by atoms with Crippen LogP contribution in [0.1, 0.15) is 46.2 Å². The molecule has 5 heteroatoms. The van der Waals surface area contributed by atoms with Gasteiger partial charge in [0.2, 0.25) is 0 Å². The van der Waals surface area contributed by atoms with Crippen LogP contribution < -0.4 is 14.2 Å². The van der Waals surface area contributed by atoms with Crippen LogP contribution in [-0.4, -0.2) is 17.7 Å². The molecule has 6 rings (SSSR count). The summed E-state index contributed by atoms with van der Waals surface area (Å²) in [6.07, 6.45) is 2.10. The van der Waals surface area contributed by atoms with Gasteiger partial charge in [-0.05, 0) is 76.9 Å². The third-order valence-corrected chi connectivity index (χ3v) is 7.98. The summed E-state index contributed by atoms with van der Waals surface area (Å²) >= 11 is 0. The lowest BCUT2D eigenvalue weighted by Gasteiger charge is -2.28. The Morgan fingerprint density at radius 1 is 0.923 bits per heavy atom. The van der Waals surface area contributed by atoms with Crippen LogP contribution in [0.25, 0.3) is 11.1 Å². The highest BCUT2D eigenvalue weighted by atomic mass is 16.5. The van der Waals surface area contributed by atoms with Crippen LogP contribution in [0.15, 0.2) is 78.9 Å². The monoisotopic (exact) mass is 520 g/mol. The molecule has 0 bridgehead atoms. The third kappa shape index (κ3) is 4.97. The molecular weight excluding hydrogens is 488 g/mol. The minimum Gasteiger partial charge on any atom is -0.492 e. The number of benzene rings is 4. The molecule has 0 amide bonds. The second kappa shape index (κ2) is 10.5. The zero-order valence-corrected chi connectivity index (χ0v) is 22.3. The number of hydrogen-bond donors (Lipinski definition) is 1. The van der Waals surface area contributed by atoms with Crippen LogP contribution in [-0.2, 0) is 30.8 Å². The maximum Gasteiger partial charge on any atom is 0.306 e. The maximum atomic E-state index is 11.4. The summed E-state index contributed by atoms with van der Waals surface area (Å²) in [4.78, 5) is 11.4. The van der Waals surface area contributed by atoms with E-state index in [2.05, 4.69) is 49.4 Å². The van der Waals surface area contributed by atoms with Gasteiger partial charge in [-0.1, -0.05) is 61.5 Å². The van der Waals surface area contributed by atoms with Crippen molar-refractivity contribution in [2.24, 2.45) is 5.92 Å². The van der Waals surface area contributed by atoms with E-state index in [0.29, 0.717) is 31.3 Å². The number of aliphatic carboxylic acids is 1. The van der Waals surface area contributed by atoms with Crippen molar-refractivity contribution in [2.45, 2.75) is 45.8 Å². The Morgan fingerprint density at radius 2 is 1.69 bits per heavy atom. The minimum absolute atomic E-state index is 0.140. The normalized spacial score (nSPS) is 15.9. The number of hydrogen-bond acceptors (Lipinski definition) is 4. The Bertz CT molecular complexity index is 1520. The van der Waals surface area contributed by atoms with Gasteiger partial charge in [0.1, 0.15) is 30.5 Å². The van der Waals surface area contributed by atoms with Gasteiger partial charge in [0.05, 0.1) is 12.5 Å². The number of rotatable bonds is 9. The van der Waals surface area contributed by atoms with Crippen LogP contribution in [0.3, 0.4) is 0 Å². The first-order valence-corrected chi connectivity index (χ1v) is 13.5. The SMILES string of the molecule is Cc1cc(OCc2ccccc2)c2c(c1-c1cccc(COc3ccc4c(c3)OC[C@H]4C(C)C(=O)O)c1)CC2. The fourth-order valence-electron chi connectivity index (χ4n) is 5.66. The third-order valence-electron chi connectivity index (χ3n) is 7.98. The zero-order valence-electron chi connectivity index (χ0n) is 22.3. The number of carboxylic acids is 1. The lowest BCUT2D eigenvalue weighted by Crippen LogP contribution is -2.19. The standard InChI is InChI=1S/C34H32O5/c1-21-15-31(38-18-23-7-4-3-5-8-23)27-13-14-29(27)33(21)25-10-6-9-24(16-25)19-37-26-11-12-28-30(22(2)34(35)36)20-39-32(28)17-26/h3-12,15-17,22,30H,13-14,18-20H2,1-2H3,(H,35,36)/t22?,30-/m0/s1. The smallest absolute Gasteiger partial charge is 0.306 e. The molecular formula is C34H32O5. The van der Waals surface area contributed by atoms with Crippen molar-refractivity contribution < 1.29 is 24.1 Å². The Kier molecular flexibility index (Phi) is 6.74. The molecule has 1 heterocycles. The van der Waals surface area contributed by atoms with Gasteiger partial charge in [0.25, 0.3) is 0 Å². The summed E-state index contributed by atoms with van der Waals surface area (Å²) in [5.41, 5.74) is 9.61. The van der Waals surface area contributed by atoms with E-state index in [1.165, 1.54) is 33.4 Å². The summed E-state index contributed by atoms with van der Waals surface area (Å²) < 4.78 is 18.2. The first-order valence-electron chi connectivity index (χ1n) is 13.5. The van der Waals surface area contributed by atoms with Gasteiger partial charge in [-0.25, -0.2) is 0 Å². The van der Waals surface area contributed by atoms with Crippen molar-refractivity contribution in [3.05, 3.63) is 112 Å². The summed E-state index contributed by atoms with van der Waals surface area (Å²) in [6.45, 7) is 5.28. The fraction of sp³-hybridized carbons (Fsp3) is 0.265. The van der Waals surface area contributed by atoms with Crippen LogP contribution in [0.5, 0.6) is 17.2 Å². The molecule has 0 radical (unpaired) electrons. The molecule has 0 fully saturated rings. The molecule has 4 aromatic rings. The van der Waals surface area contributed by atoms with Gasteiger partial charge in [-0.15, -0.1) is 0 Å². The van der Waals surface area contributed by atoms with Crippen LogP contribution in [0.4, 0.5) is 0 Å². The van der Waals surface area contributed by atoms with Gasteiger partial charge in [-0.2, -0.15) is 0 Å². The summed E-state index contributed by atoms with van der Waals surface area (Å²) in [7, 11) is 0. The van der Waals surface area contributed by atoms with E-state index in [9.17, 15) is 9.90 Å². The maximum absolute atomic E-state index is 11.4. The largest absolute Gasteiger partial charge is 0.492 e. The molecule has 4 aromatic carbocycles. The zero-order chi connectivity index (χ0) is 26.9. The average molecular weight is 521 g/mol. The number of aryl methyl sites for hydroxylation is 1. The number of carboxylic acid groups (broad SMARTS) is 1. The van der Waals surface area contributed by atoms with E-state index in [4.69, 9.17) is 14.2 Å². The van der Waals surface area contributed by atoms with E-state index in [0.717, 1.165) is 29.7 Å². The Labute approximate surface area is 229 Å². The molecule has 0 spiro atoms. The molecule has 0 aromatic heterocycles. The quantitative estimate of drug-likeness (QED) is 0.255. The van der Waals surface area contributed by atoms with Crippen molar-refractivity contribution >= 4 is 5.97 Å². The molecule has 2 atom stereocenters. The van der Waals surface area contributed by atoms with Crippen molar-refractivity contribution in [1.82, 2.24) is 0 Å². The number of carbonyl (C=O) groups is 1. The van der Waals surface area contributed by atoms with Crippen molar-refractivity contribution in [3.8, 4) is 28.4 Å². The molecule has 198 valence electrons. The lowest BCUT2D eigenvalue weighted by molar-refractivity contribution is -0.142. The van der Waals surface area contributed by atoms with Gasteiger partial charge in [-0.3, -0.25) is 4.79 Å². The minimum atomic E-state index is -0.809. The molecule has 2 aliphatic rings. The van der Waals surface area contributed by atoms with Gasteiger partial charge in [0.15, 0.2) is 0 Å². The van der Waals surface area contributed by atoms with E-state index in [1.807, 2.05) is 36.4 Å². The molecule has 1 N–H and O–H groups in total. The van der Waals surface area contributed by atoms with Crippen LogP contribution in [0.2, 0.25) is 0 Å². The fourth-order valence-corrected chi connectivity index (χ4v) is 5.66. The summed E-state index contributed by atoms with van der Waals surface area (Å²) in [5.74, 6) is 0.980. The number of fused-ring (bicyclic) bond motifs is 2. The van der Waals surface area contributed by atoms with Crippen molar-refractivity contribution in [1.29, 1.82) is 0 Å². The predicted octanol–water partition coefficient (Wildman–Crippen LogP) is 7.12. The Balaban J connectivity index is 1.17. The highest BCUT2D eigenvalue weighted by molar-refractivity contribution is 5.76. The predicted molar refractivity (Wildman–Crippen MR) is 151 cm³/mol. The van der Waals surface area contributed by atoms with Crippen molar-refractivity contribution in [2.75, 3.05) is 6.61 Å². The first kappa shape index (κ1) is 25.1. The molecule has 5 nitrogen and oxygen atoms in total. The van der Waals surface area contributed by atoms with Crippen LogP contribution in [0, 0.1) is 12.8 Å². The Morgan fingerprint density at radius 3 is 2.46 bits per heavy atom. The van der Waals surface area contributed by atoms with Gasteiger partial charge >= 0.3 is 5.97 Å². The topological polar surface area (TPSA) is 65.0 Å². The average Bonchev–Trinajstić information content (AvgIpc) is 3.35. The highest BCUT2D eigenvalue weighted by Gasteiger charge is 2.33. The lowest BCUT2D eigenvalue weighted by atomic mass is 9.79. The molecule has 1 aliphatic heterocycles. The second-order valence-electron chi connectivity index (χ2n) is 10.5. The van der Waals surface area contributed by atoms with E-state index >= 15 is 0 Å². The summed E-state index contributed by atoms with van der Waals surface area (Å²) in [6, 6.07) is 26.7. The Hall–Kier alpha value is -4.25. The van der Waals surface area contributed by atoms with E-state index < -0.39 is 11.9 Å². The van der Waals surface area contributed by atoms with E-state index in [1.54, 1.807) is 6.92 Å². The molecule has 0 saturated carbocycles. The summed E-state index contributed by atoms with van der Waals surface area (Å²) in [5, 5.41) is 9.38. The molecule has 39 heavy (non-hydrogen) atoms.